The standard InChI is InChI=1S/C13H23N3O3S/c1-6-13(4,5)14-12(17)8-7-11-9(2)15-20(18,19)16-10(11)3/h15H,6-8H2,1-5H3,(H,14,17). The fourth-order valence-electron chi connectivity index (χ4n) is 1.92. The molecule has 1 rings (SSSR count). The third kappa shape index (κ3) is 4.63. The predicted octanol–water partition coefficient (Wildman–Crippen LogP) is 1.65. The SMILES string of the molecule is CCC(C)(C)NC(=O)CCC1=C(C)NS(=O)(=O)N=C1C. The molecule has 114 valence electrons. The van der Waals surface area contributed by atoms with Gasteiger partial charge in [0.2, 0.25) is 5.91 Å². The lowest BCUT2D eigenvalue weighted by molar-refractivity contribution is -0.122. The number of amides is 1. The quantitative estimate of drug-likeness (QED) is 0.809. The van der Waals surface area contributed by atoms with Crippen LogP contribution in [0, 0.1) is 0 Å². The van der Waals surface area contributed by atoms with Gasteiger partial charge in [0, 0.05) is 17.7 Å². The van der Waals surface area contributed by atoms with Gasteiger partial charge in [-0.25, -0.2) is 0 Å². The summed E-state index contributed by atoms with van der Waals surface area (Å²) in [5, 5.41) is 2.95. The van der Waals surface area contributed by atoms with Crippen LogP contribution in [0.15, 0.2) is 15.7 Å². The van der Waals surface area contributed by atoms with Crippen molar-refractivity contribution in [2.75, 3.05) is 0 Å². The van der Waals surface area contributed by atoms with Crippen LogP contribution >= 0.6 is 0 Å². The Hall–Kier alpha value is -1.37. The summed E-state index contributed by atoms with van der Waals surface area (Å²) in [5.74, 6) is -0.0432. The lowest BCUT2D eigenvalue weighted by Crippen LogP contribution is -2.42. The van der Waals surface area contributed by atoms with E-state index in [0.29, 0.717) is 24.3 Å². The van der Waals surface area contributed by atoms with Crippen molar-refractivity contribution in [3.05, 3.63) is 11.3 Å². The molecule has 0 saturated heterocycles. The van der Waals surface area contributed by atoms with Gasteiger partial charge in [0.25, 0.3) is 0 Å². The van der Waals surface area contributed by atoms with Crippen LogP contribution in [-0.4, -0.2) is 25.6 Å². The summed E-state index contributed by atoms with van der Waals surface area (Å²) in [6, 6.07) is 0. The molecule has 0 aliphatic carbocycles. The number of hydrogen-bond donors (Lipinski definition) is 2. The summed E-state index contributed by atoms with van der Waals surface area (Å²) in [6.45, 7) is 9.28. The zero-order chi connectivity index (χ0) is 15.6. The van der Waals surface area contributed by atoms with E-state index in [1.54, 1.807) is 13.8 Å². The Morgan fingerprint density at radius 3 is 2.45 bits per heavy atom. The lowest BCUT2D eigenvalue weighted by Gasteiger charge is -2.25. The molecule has 1 aliphatic heterocycles. The Kier molecular flexibility index (Phi) is 4.96. The first kappa shape index (κ1) is 16.7. The Labute approximate surface area is 120 Å². The van der Waals surface area contributed by atoms with Crippen LogP contribution in [0.5, 0.6) is 0 Å². The van der Waals surface area contributed by atoms with Crippen LogP contribution in [0.1, 0.15) is 53.9 Å². The molecular formula is C13H23N3O3S. The van der Waals surface area contributed by atoms with Gasteiger partial charge in [0.1, 0.15) is 0 Å². The normalized spacial score (nSPS) is 18.4. The van der Waals surface area contributed by atoms with Crippen molar-refractivity contribution >= 4 is 21.8 Å². The van der Waals surface area contributed by atoms with Crippen LogP contribution in [0.3, 0.4) is 0 Å². The van der Waals surface area contributed by atoms with Crippen molar-refractivity contribution < 1.29 is 13.2 Å². The van der Waals surface area contributed by atoms with Gasteiger partial charge in [-0.2, -0.15) is 8.42 Å². The molecule has 0 aromatic rings. The van der Waals surface area contributed by atoms with Crippen molar-refractivity contribution in [1.82, 2.24) is 10.0 Å². The Balaban J connectivity index is 2.67. The number of allylic oxidation sites excluding steroid dienone is 2. The highest BCUT2D eigenvalue weighted by molar-refractivity contribution is 7.88. The second-order valence-electron chi connectivity index (χ2n) is 5.64. The molecule has 0 saturated carbocycles. The summed E-state index contributed by atoms with van der Waals surface area (Å²) in [7, 11) is -3.61. The van der Waals surface area contributed by atoms with Crippen LogP contribution in [0.25, 0.3) is 0 Å². The van der Waals surface area contributed by atoms with E-state index in [4.69, 9.17) is 0 Å². The second-order valence-corrected chi connectivity index (χ2v) is 6.98. The van der Waals surface area contributed by atoms with E-state index in [9.17, 15) is 13.2 Å². The number of nitrogens with one attached hydrogen (secondary N) is 2. The summed E-state index contributed by atoms with van der Waals surface area (Å²) < 4.78 is 28.7. The lowest BCUT2D eigenvalue weighted by atomic mass is 10.00. The van der Waals surface area contributed by atoms with Gasteiger partial charge >= 0.3 is 10.2 Å². The Morgan fingerprint density at radius 2 is 1.95 bits per heavy atom. The smallest absolute Gasteiger partial charge is 0.342 e. The fraction of sp³-hybridized carbons (Fsp3) is 0.692. The minimum absolute atomic E-state index is 0.0432. The second kappa shape index (κ2) is 5.95. The van der Waals surface area contributed by atoms with Gasteiger partial charge in [-0.3, -0.25) is 9.52 Å². The molecule has 0 fully saturated rings. The first-order valence-electron chi connectivity index (χ1n) is 6.67. The number of nitrogens with zero attached hydrogens (tertiary/aromatic N) is 1. The summed E-state index contributed by atoms with van der Waals surface area (Å²) >= 11 is 0. The highest BCUT2D eigenvalue weighted by Gasteiger charge is 2.22. The van der Waals surface area contributed by atoms with Gasteiger partial charge < -0.3 is 5.32 Å². The van der Waals surface area contributed by atoms with E-state index in [1.165, 1.54) is 0 Å². The van der Waals surface area contributed by atoms with E-state index in [1.807, 2.05) is 20.8 Å². The zero-order valence-corrected chi connectivity index (χ0v) is 13.5. The van der Waals surface area contributed by atoms with Gasteiger partial charge in [-0.05, 0) is 46.1 Å². The highest BCUT2D eigenvalue weighted by atomic mass is 32.2. The summed E-state index contributed by atoms with van der Waals surface area (Å²) in [4.78, 5) is 11.9. The van der Waals surface area contributed by atoms with Gasteiger partial charge in [-0.15, -0.1) is 4.40 Å². The van der Waals surface area contributed by atoms with Gasteiger partial charge in [0.05, 0.1) is 5.71 Å². The largest absolute Gasteiger partial charge is 0.351 e. The van der Waals surface area contributed by atoms with Gasteiger partial charge in [0.15, 0.2) is 0 Å². The van der Waals surface area contributed by atoms with Gasteiger partial charge in [-0.1, -0.05) is 6.92 Å². The number of carbonyl (C=O) groups excluding carboxylic acids is 1. The third-order valence-corrected chi connectivity index (χ3v) is 4.47. The van der Waals surface area contributed by atoms with Crippen molar-refractivity contribution in [3.63, 3.8) is 0 Å². The molecule has 1 heterocycles. The molecule has 0 radical (unpaired) electrons. The molecule has 6 nitrogen and oxygen atoms in total. The van der Waals surface area contributed by atoms with Crippen molar-refractivity contribution in [1.29, 1.82) is 0 Å². The van der Waals surface area contributed by atoms with Crippen LogP contribution in [0.4, 0.5) is 0 Å². The molecule has 2 N–H and O–H groups in total. The van der Waals surface area contributed by atoms with E-state index in [0.717, 1.165) is 12.0 Å². The molecule has 1 aliphatic rings. The van der Waals surface area contributed by atoms with E-state index >= 15 is 0 Å². The molecule has 0 aromatic carbocycles. The first-order chi connectivity index (χ1) is 9.06. The maximum atomic E-state index is 11.9. The molecule has 20 heavy (non-hydrogen) atoms. The third-order valence-electron chi connectivity index (χ3n) is 3.39. The molecule has 0 bridgehead atoms. The minimum Gasteiger partial charge on any atom is -0.351 e. The van der Waals surface area contributed by atoms with E-state index < -0.39 is 10.2 Å². The number of rotatable bonds is 5. The predicted molar refractivity (Wildman–Crippen MR) is 79.6 cm³/mol. The topological polar surface area (TPSA) is 87.6 Å². The summed E-state index contributed by atoms with van der Waals surface area (Å²) in [6.07, 6.45) is 1.63. The molecular weight excluding hydrogens is 278 g/mol. The zero-order valence-electron chi connectivity index (χ0n) is 12.7. The number of carbonyl (C=O) groups is 1. The average molecular weight is 301 g/mol. The van der Waals surface area contributed by atoms with E-state index in [2.05, 4.69) is 14.4 Å². The molecule has 0 spiro atoms. The van der Waals surface area contributed by atoms with Crippen LogP contribution in [-0.2, 0) is 15.0 Å². The first-order valence-corrected chi connectivity index (χ1v) is 8.11. The highest BCUT2D eigenvalue weighted by Crippen LogP contribution is 2.18. The maximum absolute atomic E-state index is 11.9. The molecule has 7 heteroatoms. The Morgan fingerprint density at radius 1 is 1.35 bits per heavy atom. The molecule has 0 aromatic heterocycles. The van der Waals surface area contributed by atoms with Crippen LogP contribution < -0.4 is 10.0 Å². The maximum Gasteiger partial charge on any atom is 0.342 e. The number of hydrogen-bond acceptors (Lipinski definition) is 3. The minimum atomic E-state index is -3.61. The van der Waals surface area contributed by atoms with Crippen molar-refractivity contribution in [3.8, 4) is 0 Å². The van der Waals surface area contributed by atoms with Crippen molar-refractivity contribution in [2.45, 2.75) is 59.4 Å². The Bertz CT molecular complexity index is 559. The average Bonchev–Trinajstić information content (AvgIpc) is 2.25. The van der Waals surface area contributed by atoms with Crippen LogP contribution in [0.2, 0.25) is 0 Å². The summed E-state index contributed by atoms with van der Waals surface area (Å²) in [5.41, 5.74) is 1.55. The molecule has 0 atom stereocenters. The van der Waals surface area contributed by atoms with E-state index in [-0.39, 0.29) is 11.4 Å². The van der Waals surface area contributed by atoms with Crippen molar-refractivity contribution in [2.24, 2.45) is 4.40 Å². The monoisotopic (exact) mass is 301 g/mol. The molecule has 1 amide bonds. The molecule has 0 unspecified atom stereocenters. The fourth-order valence-corrected chi connectivity index (χ4v) is 2.95.